The van der Waals surface area contributed by atoms with Gasteiger partial charge in [0.2, 0.25) is 0 Å². The third-order valence-corrected chi connectivity index (χ3v) is 2.07. The largest absolute Gasteiger partial charge is 0.330 e. The molecule has 0 saturated heterocycles. The molecule has 0 saturated carbocycles. The zero-order valence-electron chi connectivity index (χ0n) is 6.00. The highest BCUT2D eigenvalue weighted by Gasteiger charge is 1.99. The Morgan fingerprint density at radius 2 is 2.40 bits per heavy atom. The zero-order chi connectivity index (χ0) is 7.40. The van der Waals surface area contributed by atoms with Crippen LogP contribution in [0.15, 0.2) is 0 Å². The molecule has 1 heterocycles. The molecule has 0 amide bonds. The summed E-state index contributed by atoms with van der Waals surface area (Å²) in [5, 5.41) is 1.10. The fraction of sp³-hybridized carbons (Fsp3) is 0.667. The molecule has 0 fully saturated rings. The van der Waals surface area contributed by atoms with Crippen molar-refractivity contribution in [1.82, 2.24) is 9.36 Å². The van der Waals surface area contributed by atoms with Gasteiger partial charge in [0.15, 0.2) is 0 Å². The molecule has 0 aromatic carbocycles. The molecule has 1 rings (SSSR count). The van der Waals surface area contributed by atoms with Gasteiger partial charge in [-0.2, -0.15) is 4.37 Å². The van der Waals surface area contributed by atoms with E-state index in [0.29, 0.717) is 6.54 Å². The minimum atomic E-state index is 0.639. The van der Waals surface area contributed by atoms with E-state index in [1.807, 2.05) is 0 Å². The van der Waals surface area contributed by atoms with Gasteiger partial charge in [-0.3, -0.25) is 0 Å². The normalized spacial score (nSPS) is 10.2. The minimum Gasteiger partial charge on any atom is -0.330 e. The number of hydrogen-bond acceptors (Lipinski definition) is 4. The molecule has 0 bridgehead atoms. The van der Waals surface area contributed by atoms with E-state index in [1.54, 1.807) is 0 Å². The van der Waals surface area contributed by atoms with E-state index in [-0.39, 0.29) is 0 Å². The zero-order valence-corrected chi connectivity index (χ0v) is 6.82. The Balaban J connectivity index is 2.59. The first-order valence-electron chi connectivity index (χ1n) is 3.38. The van der Waals surface area contributed by atoms with Gasteiger partial charge in [0.05, 0.1) is 0 Å². The van der Waals surface area contributed by atoms with Crippen LogP contribution in [0.4, 0.5) is 0 Å². The molecule has 2 N–H and O–H groups in total. The van der Waals surface area contributed by atoms with E-state index in [1.165, 1.54) is 11.5 Å². The lowest BCUT2D eigenvalue weighted by molar-refractivity contribution is 0.886. The average Bonchev–Trinajstić information content (AvgIpc) is 2.37. The van der Waals surface area contributed by atoms with Crippen molar-refractivity contribution >= 4 is 11.5 Å². The van der Waals surface area contributed by atoms with Gasteiger partial charge in [-0.25, -0.2) is 4.98 Å². The number of rotatable bonds is 3. The van der Waals surface area contributed by atoms with Crippen molar-refractivity contribution in [2.24, 2.45) is 5.73 Å². The van der Waals surface area contributed by atoms with E-state index in [4.69, 9.17) is 5.73 Å². The van der Waals surface area contributed by atoms with Gasteiger partial charge >= 0.3 is 0 Å². The van der Waals surface area contributed by atoms with Crippen molar-refractivity contribution in [3.8, 4) is 0 Å². The van der Waals surface area contributed by atoms with Gasteiger partial charge in [-0.05, 0) is 24.5 Å². The second-order valence-electron chi connectivity index (χ2n) is 2.00. The van der Waals surface area contributed by atoms with Crippen LogP contribution < -0.4 is 5.73 Å². The second-order valence-corrected chi connectivity index (χ2v) is 2.83. The first-order valence-corrected chi connectivity index (χ1v) is 4.15. The summed E-state index contributed by atoms with van der Waals surface area (Å²) in [5.74, 6) is 0.893. The molecule has 0 aliphatic carbocycles. The van der Waals surface area contributed by atoms with Crippen LogP contribution in [0.3, 0.4) is 0 Å². The summed E-state index contributed by atoms with van der Waals surface area (Å²) in [6.45, 7) is 2.71. The quantitative estimate of drug-likeness (QED) is 0.699. The lowest BCUT2D eigenvalue weighted by Gasteiger charge is -1.85. The third-order valence-electron chi connectivity index (χ3n) is 1.18. The van der Waals surface area contributed by atoms with E-state index >= 15 is 0 Å². The molecule has 56 valence electrons. The maximum atomic E-state index is 5.34. The predicted molar refractivity (Wildman–Crippen MR) is 42.0 cm³/mol. The van der Waals surface area contributed by atoms with Gasteiger partial charge in [-0.15, -0.1) is 0 Å². The average molecular weight is 157 g/mol. The van der Waals surface area contributed by atoms with Gasteiger partial charge in [0.25, 0.3) is 0 Å². The lowest BCUT2D eigenvalue weighted by atomic mass is 10.4. The van der Waals surface area contributed by atoms with E-state index < -0.39 is 0 Å². The molecular formula is C6H11N3S. The molecule has 0 aliphatic heterocycles. The molecule has 3 nitrogen and oxygen atoms in total. The summed E-state index contributed by atoms with van der Waals surface area (Å²) < 4.78 is 4.13. The van der Waals surface area contributed by atoms with E-state index in [2.05, 4.69) is 16.3 Å². The summed E-state index contributed by atoms with van der Waals surface area (Å²) in [4.78, 5) is 4.25. The van der Waals surface area contributed by atoms with Crippen molar-refractivity contribution in [2.45, 2.75) is 19.8 Å². The topological polar surface area (TPSA) is 51.8 Å². The molecule has 1 aromatic rings. The molecule has 0 spiro atoms. The molecule has 0 radical (unpaired) electrons. The van der Waals surface area contributed by atoms with Gasteiger partial charge in [0, 0.05) is 6.42 Å². The van der Waals surface area contributed by atoms with Crippen LogP contribution in [0.25, 0.3) is 0 Å². The molecule has 4 heteroatoms. The molecule has 0 unspecified atom stereocenters. The first kappa shape index (κ1) is 7.63. The highest BCUT2D eigenvalue weighted by molar-refractivity contribution is 7.05. The fourth-order valence-corrected chi connectivity index (χ4v) is 1.28. The number of nitrogens with zero attached hydrogens (tertiary/aromatic N) is 2. The molecule has 0 aliphatic rings. The molecule has 0 atom stereocenters. The minimum absolute atomic E-state index is 0.639. The van der Waals surface area contributed by atoms with E-state index in [0.717, 1.165) is 23.7 Å². The highest BCUT2D eigenvalue weighted by Crippen LogP contribution is 2.04. The Hall–Kier alpha value is -0.480. The van der Waals surface area contributed by atoms with Crippen LogP contribution in [0.2, 0.25) is 0 Å². The highest BCUT2D eigenvalue weighted by atomic mass is 32.1. The first-order chi connectivity index (χ1) is 4.86. The molecular weight excluding hydrogens is 146 g/mol. The summed E-state index contributed by atoms with van der Waals surface area (Å²) >= 11 is 1.47. The van der Waals surface area contributed by atoms with Crippen molar-refractivity contribution in [1.29, 1.82) is 0 Å². The van der Waals surface area contributed by atoms with Crippen molar-refractivity contribution in [3.63, 3.8) is 0 Å². The maximum absolute atomic E-state index is 5.34. The summed E-state index contributed by atoms with van der Waals surface area (Å²) in [7, 11) is 0. The van der Waals surface area contributed by atoms with Crippen LogP contribution >= 0.6 is 11.5 Å². The molecule has 10 heavy (non-hydrogen) atoms. The van der Waals surface area contributed by atoms with Crippen LogP contribution in [0, 0.1) is 0 Å². The number of aryl methyl sites for hydroxylation is 1. The SMILES string of the molecule is CCc1nc(CCN)ns1. The van der Waals surface area contributed by atoms with Gasteiger partial charge in [-0.1, -0.05) is 6.92 Å². The number of aromatic nitrogens is 2. The monoisotopic (exact) mass is 157 g/mol. The summed E-state index contributed by atoms with van der Waals surface area (Å²) in [6, 6.07) is 0. The van der Waals surface area contributed by atoms with Gasteiger partial charge < -0.3 is 5.73 Å². The van der Waals surface area contributed by atoms with Crippen LogP contribution in [0.1, 0.15) is 17.8 Å². The van der Waals surface area contributed by atoms with Crippen molar-refractivity contribution < 1.29 is 0 Å². The van der Waals surface area contributed by atoms with Crippen molar-refractivity contribution in [2.75, 3.05) is 6.54 Å². The Morgan fingerprint density at radius 3 is 2.90 bits per heavy atom. The fourth-order valence-electron chi connectivity index (χ4n) is 0.664. The standard InChI is InChI=1S/C6H11N3S/c1-2-6-8-5(3-4-7)9-10-6/h2-4,7H2,1H3. The Bertz CT molecular complexity index is 197. The summed E-state index contributed by atoms with van der Waals surface area (Å²) in [5.41, 5.74) is 5.34. The van der Waals surface area contributed by atoms with Crippen LogP contribution in [-0.4, -0.2) is 15.9 Å². The lowest BCUT2D eigenvalue weighted by Crippen LogP contribution is -2.03. The smallest absolute Gasteiger partial charge is 0.143 e. The van der Waals surface area contributed by atoms with Gasteiger partial charge in [0.1, 0.15) is 10.8 Å². The van der Waals surface area contributed by atoms with Crippen LogP contribution in [-0.2, 0) is 12.8 Å². The van der Waals surface area contributed by atoms with Crippen LogP contribution in [0.5, 0.6) is 0 Å². The Kier molecular flexibility index (Phi) is 2.77. The second kappa shape index (κ2) is 3.63. The number of nitrogens with two attached hydrogens (primary N) is 1. The third kappa shape index (κ3) is 1.75. The number of hydrogen-bond donors (Lipinski definition) is 1. The Labute approximate surface area is 64.5 Å². The maximum Gasteiger partial charge on any atom is 0.143 e. The Morgan fingerprint density at radius 1 is 1.60 bits per heavy atom. The predicted octanol–water partition coefficient (Wildman–Crippen LogP) is 0.602. The summed E-state index contributed by atoms with van der Waals surface area (Å²) in [6.07, 6.45) is 1.78. The van der Waals surface area contributed by atoms with E-state index in [9.17, 15) is 0 Å². The molecule has 1 aromatic heterocycles. The van der Waals surface area contributed by atoms with Crippen molar-refractivity contribution in [3.05, 3.63) is 10.8 Å².